The van der Waals surface area contributed by atoms with Gasteiger partial charge in [-0.2, -0.15) is 0 Å². The molecule has 0 saturated carbocycles. The van der Waals surface area contributed by atoms with E-state index in [2.05, 4.69) is 127 Å². The molecular formula is C49H31N3. The number of nitrogens with zero attached hydrogens (tertiary/aromatic N) is 3. The van der Waals surface area contributed by atoms with Gasteiger partial charge in [-0.05, 0) is 71.4 Å². The molecule has 0 atom stereocenters. The molecule has 3 nitrogen and oxygen atoms in total. The van der Waals surface area contributed by atoms with E-state index in [1.807, 2.05) is 60.7 Å². The normalized spacial score (nSPS) is 11.5. The highest BCUT2D eigenvalue weighted by Crippen LogP contribution is 2.45. The standard InChI is InChI=1S/C49H31N3/c1-3-14-35(15-4-1)47-50-48(36-16-5-2-6-17-36)52-49(51-47)37-28-26-34(27-29-37)45-42-21-11-9-19-40(42)41-20-10-12-22-43(41)46(45)38-30-25-33-24-23-32-13-7-8-18-39(32)44(33)31-38/h1-31H. The lowest BCUT2D eigenvalue weighted by Gasteiger charge is -2.19. The van der Waals surface area contributed by atoms with Crippen LogP contribution >= 0.6 is 0 Å². The number of benzene rings is 9. The van der Waals surface area contributed by atoms with Gasteiger partial charge in [-0.3, -0.25) is 0 Å². The largest absolute Gasteiger partial charge is 0.208 e. The van der Waals surface area contributed by atoms with E-state index in [4.69, 9.17) is 15.0 Å². The molecule has 52 heavy (non-hydrogen) atoms. The molecule has 1 heterocycles. The molecule has 0 aliphatic heterocycles. The molecule has 0 fully saturated rings. The summed E-state index contributed by atoms with van der Waals surface area (Å²) < 4.78 is 0. The Kier molecular flexibility index (Phi) is 7.14. The van der Waals surface area contributed by atoms with Crippen LogP contribution in [0.4, 0.5) is 0 Å². The highest BCUT2D eigenvalue weighted by atomic mass is 15.0. The molecule has 0 spiro atoms. The molecule has 0 unspecified atom stereocenters. The Bertz CT molecular complexity index is 2880. The smallest absolute Gasteiger partial charge is 0.164 e. The van der Waals surface area contributed by atoms with Crippen molar-refractivity contribution < 1.29 is 0 Å². The van der Waals surface area contributed by atoms with Crippen molar-refractivity contribution in [3.05, 3.63) is 188 Å². The molecule has 242 valence electrons. The highest BCUT2D eigenvalue weighted by Gasteiger charge is 2.19. The third-order valence-electron chi connectivity index (χ3n) is 10.1. The fourth-order valence-corrected chi connectivity index (χ4v) is 7.62. The van der Waals surface area contributed by atoms with Crippen molar-refractivity contribution in [1.82, 2.24) is 15.0 Å². The minimum absolute atomic E-state index is 0.643. The molecule has 3 heteroatoms. The number of fused-ring (bicyclic) bond motifs is 6. The number of hydrogen-bond donors (Lipinski definition) is 0. The lowest BCUT2D eigenvalue weighted by molar-refractivity contribution is 1.07. The summed E-state index contributed by atoms with van der Waals surface area (Å²) in [5.41, 5.74) is 7.62. The van der Waals surface area contributed by atoms with Gasteiger partial charge in [-0.15, -0.1) is 0 Å². The van der Waals surface area contributed by atoms with E-state index in [-0.39, 0.29) is 0 Å². The Morgan fingerprint density at radius 2 is 0.596 bits per heavy atom. The minimum atomic E-state index is 0.643. The molecule has 1 aromatic heterocycles. The molecule has 0 N–H and O–H groups in total. The van der Waals surface area contributed by atoms with Gasteiger partial charge in [0.2, 0.25) is 0 Å². The van der Waals surface area contributed by atoms with Crippen molar-refractivity contribution in [2.24, 2.45) is 0 Å². The molecule has 0 aliphatic rings. The second kappa shape index (κ2) is 12.4. The maximum atomic E-state index is 4.99. The van der Waals surface area contributed by atoms with Crippen LogP contribution in [-0.4, -0.2) is 15.0 Å². The van der Waals surface area contributed by atoms with Crippen LogP contribution < -0.4 is 0 Å². The van der Waals surface area contributed by atoms with Gasteiger partial charge in [0.1, 0.15) is 0 Å². The lowest BCUT2D eigenvalue weighted by atomic mass is 9.84. The van der Waals surface area contributed by atoms with Crippen LogP contribution in [0.5, 0.6) is 0 Å². The first-order chi connectivity index (χ1) is 25.8. The first-order valence-electron chi connectivity index (χ1n) is 17.6. The van der Waals surface area contributed by atoms with Crippen molar-refractivity contribution in [1.29, 1.82) is 0 Å². The van der Waals surface area contributed by atoms with Gasteiger partial charge in [0, 0.05) is 16.7 Å². The van der Waals surface area contributed by atoms with Gasteiger partial charge < -0.3 is 0 Å². The summed E-state index contributed by atoms with van der Waals surface area (Å²) in [4.78, 5) is 14.9. The van der Waals surface area contributed by atoms with Crippen LogP contribution in [0.3, 0.4) is 0 Å². The van der Waals surface area contributed by atoms with Gasteiger partial charge in [0.05, 0.1) is 0 Å². The number of rotatable bonds is 5. The second-order valence-corrected chi connectivity index (χ2v) is 13.2. The van der Waals surface area contributed by atoms with Crippen molar-refractivity contribution in [3.63, 3.8) is 0 Å². The van der Waals surface area contributed by atoms with Gasteiger partial charge in [0.25, 0.3) is 0 Å². The average Bonchev–Trinajstić information content (AvgIpc) is 3.23. The molecule has 10 aromatic rings. The van der Waals surface area contributed by atoms with Crippen LogP contribution in [0.2, 0.25) is 0 Å². The van der Waals surface area contributed by atoms with E-state index in [9.17, 15) is 0 Å². The van der Waals surface area contributed by atoms with E-state index in [0.29, 0.717) is 17.5 Å². The van der Waals surface area contributed by atoms with Gasteiger partial charge >= 0.3 is 0 Å². The number of hydrogen-bond acceptors (Lipinski definition) is 3. The summed E-state index contributed by atoms with van der Waals surface area (Å²) in [5, 5.41) is 9.95. The monoisotopic (exact) mass is 661 g/mol. The lowest BCUT2D eigenvalue weighted by Crippen LogP contribution is -2.00. The zero-order valence-electron chi connectivity index (χ0n) is 28.2. The predicted octanol–water partition coefficient (Wildman–Crippen LogP) is 12.8. The third kappa shape index (κ3) is 5.10. The van der Waals surface area contributed by atoms with Crippen molar-refractivity contribution >= 4 is 43.1 Å². The van der Waals surface area contributed by atoms with Gasteiger partial charge in [-0.25, -0.2) is 15.0 Å². The maximum Gasteiger partial charge on any atom is 0.164 e. The van der Waals surface area contributed by atoms with Crippen LogP contribution in [0, 0.1) is 0 Å². The van der Waals surface area contributed by atoms with Crippen LogP contribution in [0.15, 0.2) is 188 Å². The summed E-state index contributed by atoms with van der Waals surface area (Å²) in [7, 11) is 0. The van der Waals surface area contributed by atoms with Gasteiger partial charge in [0.15, 0.2) is 17.5 Å². The molecular weight excluding hydrogens is 631 g/mol. The Labute approximate surface area is 301 Å². The van der Waals surface area contributed by atoms with Crippen LogP contribution in [0.25, 0.3) is 99.5 Å². The third-order valence-corrected chi connectivity index (χ3v) is 10.1. The molecule has 0 amide bonds. The summed E-state index contributed by atoms with van der Waals surface area (Å²) in [6.07, 6.45) is 0. The molecule has 10 rings (SSSR count). The van der Waals surface area contributed by atoms with E-state index in [0.717, 1.165) is 22.3 Å². The SMILES string of the molecule is c1ccc(-c2nc(-c3ccccc3)nc(-c3ccc(-c4c(-c5ccc6ccc7ccccc7c6c5)c5ccccc5c5ccccc45)cc3)n2)cc1. The zero-order chi connectivity index (χ0) is 34.4. The first-order valence-corrected chi connectivity index (χ1v) is 17.6. The Morgan fingerprint density at radius 3 is 1.15 bits per heavy atom. The van der Waals surface area contributed by atoms with E-state index in [1.54, 1.807) is 0 Å². The Balaban J connectivity index is 1.19. The fourth-order valence-electron chi connectivity index (χ4n) is 7.62. The van der Waals surface area contributed by atoms with Crippen LogP contribution in [-0.2, 0) is 0 Å². The quantitative estimate of drug-likeness (QED) is 0.172. The van der Waals surface area contributed by atoms with E-state index >= 15 is 0 Å². The Hall–Kier alpha value is -6.97. The summed E-state index contributed by atoms with van der Waals surface area (Å²) in [6.45, 7) is 0. The van der Waals surface area contributed by atoms with E-state index < -0.39 is 0 Å². The predicted molar refractivity (Wildman–Crippen MR) is 217 cm³/mol. The highest BCUT2D eigenvalue weighted by molar-refractivity contribution is 6.22. The molecule has 0 radical (unpaired) electrons. The maximum absolute atomic E-state index is 4.99. The summed E-state index contributed by atoms with van der Waals surface area (Å²) in [6, 6.07) is 66.6. The molecule has 0 aliphatic carbocycles. The van der Waals surface area contributed by atoms with Crippen LogP contribution in [0.1, 0.15) is 0 Å². The molecule has 0 saturated heterocycles. The number of aromatic nitrogens is 3. The molecule has 9 aromatic carbocycles. The van der Waals surface area contributed by atoms with Gasteiger partial charge in [-0.1, -0.05) is 182 Å². The van der Waals surface area contributed by atoms with E-state index in [1.165, 1.54) is 59.8 Å². The van der Waals surface area contributed by atoms with Crippen molar-refractivity contribution in [2.45, 2.75) is 0 Å². The topological polar surface area (TPSA) is 38.7 Å². The summed E-state index contributed by atoms with van der Waals surface area (Å²) >= 11 is 0. The second-order valence-electron chi connectivity index (χ2n) is 13.2. The van der Waals surface area contributed by atoms with Crippen molar-refractivity contribution in [2.75, 3.05) is 0 Å². The zero-order valence-corrected chi connectivity index (χ0v) is 28.2. The molecule has 0 bridgehead atoms. The van der Waals surface area contributed by atoms with Crippen molar-refractivity contribution in [3.8, 4) is 56.4 Å². The fraction of sp³-hybridized carbons (Fsp3) is 0. The first kappa shape index (κ1) is 29.9. The Morgan fingerprint density at radius 1 is 0.231 bits per heavy atom. The summed E-state index contributed by atoms with van der Waals surface area (Å²) in [5.74, 6) is 1.95. The average molecular weight is 662 g/mol. The minimum Gasteiger partial charge on any atom is -0.208 e.